The molecule has 2 rings (SSSR count). The van der Waals surface area contributed by atoms with Crippen molar-refractivity contribution in [2.45, 2.75) is 6.04 Å². The van der Waals surface area contributed by atoms with Crippen molar-refractivity contribution in [1.82, 2.24) is 25.3 Å². The quantitative estimate of drug-likeness (QED) is 0.796. The van der Waals surface area contributed by atoms with Gasteiger partial charge in [-0.25, -0.2) is 0 Å². The number of hydrogen-bond donors (Lipinski definition) is 2. The van der Waals surface area contributed by atoms with Crippen LogP contribution in [0.5, 0.6) is 0 Å². The molecule has 0 aliphatic rings. The molecule has 0 radical (unpaired) electrons. The lowest BCUT2D eigenvalue weighted by molar-refractivity contribution is 0.0892. The molecule has 0 unspecified atom stereocenters. The first kappa shape index (κ1) is 12.3. The first-order valence-electron chi connectivity index (χ1n) is 5.49. The Morgan fingerprint density at radius 1 is 1.67 bits per heavy atom. The van der Waals surface area contributed by atoms with Gasteiger partial charge in [0.15, 0.2) is 0 Å². The zero-order valence-corrected chi connectivity index (χ0v) is 10.3. The molecular weight excluding hydrogens is 234 g/mol. The topological polar surface area (TPSA) is 84.8 Å². The molecule has 96 valence electrons. The van der Waals surface area contributed by atoms with Crippen LogP contribution in [0.4, 0.5) is 0 Å². The fraction of sp³-hybridized carbons (Fsp3) is 0.364. The van der Waals surface area contributed by atoms with E-state index in [0.717, 1.165) is 5.69 Å². The van der Waals surface area contributed by atoms with Gasteiger partial charge in [-0.1, -0.05) is 0 Å². The van der Waals surface area contributed by atoms with Crippen molar-refractivity contribution >= 4 is 5.91 Å². The molecule has 2 heterocycles. The molecule has 0 aromatic carbocycles. The summed E-state index contributed by atoms with van der Waals surface area (Å²) in [5, 5.41) is 13.3. The van der Waals surface area contributed by atoms with Gasteiger partial charge >= 0.3 is 0 Å². The van der Waals surface area contributed by atoms with Crippen molar-refractivity contribution in [2.24, 2.45) is 7.05 Å². The van der Waals surface area contributed by atoms with Gasteiger partial charge in [-0.3, -0.25) is 14.6 Å². The lowest BCUT2D eigenvalue weighted by Gasteiger charge is -2.17. The first-order chi connectivity index (χ1) is 8.72. The number of rotatable bonds is 5. The van der Waals surface area contributed by atoms with E-state index in [4.69, 9.17) is 4.74 Å². The minimum absolute atomic E-state index is 0.202. The van der Waals surface area contributed by atoms with E-state index in [1.165, 1.54) is 6.20 Å². The summed E-state index contributed by atoms with van der Waals surface area (Å²) in [7, 11) is 3.41. The number of methoxy groups -OCH3 is 1. The van der Waals surface area contributed by atoms with Gasteiger partial charge in [0.1, 0.15) is 0 Å². The highest BCUT2D eigenvalue weighted by Gasteiger charge is 2.18. The molecule has 18 heavy (non-hydrogen) atoms. The molecule has 0 bridgehead atoms. The largest absolute Gasteiger partial charge is 0.382 e. The van der Waals surface area contributed by atoms with Crippen LogP contribution in [0.15, 0.2) is 24.7 Å². The number of ether oxygens (including phenoxy) is 1. The molecule has 1 atom stereocenters. The molecule has 7 heteroatoms. The van der Waals surface area contributed by atoms with Crippen LogP contribution < -0.4 is 5.32 Å². The summed E-state index contributed by atoms with van der Waals surface area (Å²) in [6.45, 7) is 0.378. The van der Waals surface area contributed by atoms with Crippen LogP contribution in [0.25, 0.3) is 0 Å². The highest BCUT2D eigenvalue weighted by Crippen LogP contribution is 2.12. The van der Waals surface area contributed by atoms with Crippen LogP contribution >= 0.6 is 0 Å². The van der Waals surface area contributed by atoms with Gasteiger partial charge in [0, 0.05) is 26.6 Å². The average Bonchev–Trinajstić information content (AvgIpc) is 2.99. The normalized spacial score (nSPS) is 12.3. The third kappa shape index (κ3) is 2.57. The highest BCUT2D eigenvalue weighted by molar-refractivity contribution is 5.93. The molecule has 0 aliphatic carbocycles. The molecule has 2 N–H and O–H groups in total. The third-order valence-electron chi connectivity index (χ3n) is 2.61. The van der Waals surface area contributed by atoms with Crippen molar-refractivity contribution in [2.75, 3.05) is 13.7 Å². The summed E-state index contributed by atoms with van der Waals surface area (Å²) >= 11 is 0. The van der Waals surface area contributed by atoms with Crippen molar-refractivity contribution in [3.63, 3.8) is 0 Å². The molecule has 2 aromatic heterocycles. The fourth-order valence-electron chi connectivity index (χ4n) is 1.71. The maximum Gasteiger partial charge on any atom is 0.255 e. The van der Waals surface area contributed by atoms with E-state index in [-0.39, 0.29) is 11.9 Å². The molecule has 0 saturated carbocycles. The zero-order chi connectivity index (χ0) is 13.0. The summed E-state index contributed by atoms with van der Waals surface area (Å²) < 4.78 is 6.83. The van der Waals surface area contributed by atoms with Gasteiger partial charge in [-0.05, 0) is 6.07 Å². The van der Waals surface area contributed by atoms with Crippen molar-refractivity contribution in [3.05, 3.63) is 35.9 Å². The number of nitrogens with one attached hydrogen (secondary N) is 2. The summed E-state index contributed by atoms with van der Waals surface area (Å²) in [5.41, 5.74) is 1.37. The second kappa shape index (κ2) is 5.46. The van der Waals surface area contributed by atoms with Crippen molar-refractivity contribution in [1.29, 1.82) is 0 Å². The Kier molecular flexibility index (Phi) is 3.73. The van der Waals surface area contributed by atoms with Gasteiger partial charge < -0.3 is 10.1 Å². The zero-order valence-electron chi connectivity index (χ0n) is 10.3. The number of H-pyrrole nitrogens is 1. The van der Waals surface area contributed by atoms with Gasteiger partial charge in [0.2, 0.25) is 0 Å². The summed E-state index contributed by atoms with van der Waals surface area (Å²) in [6, 6.07) is 1.60. The lowest BCUT2D eigenvalue weighted by Crippen LogP contribution is -2.32. The maximum atomic E-state index is 11.9. The molecule has 0 spiro atoms. The van der Waals surface area contributed by atoms with Crippen molar-refractivity contribution < 1.29 is 9.53 Å². The maximum absolute atomic E-state index is 11.9. The number of carbonyl (C=O) groups excluding carboxylic acids is 1. The van der Waals surface area contributed by atoms with E-state index >= 15 is 0 Å². The Labute approximate surface area is 104 Å². The van der Waals surface area contributed by atoms with E-state index in [2.05, 4.69) is 20.6 Å². The molecular formula is C11H15N5O2. The van der Waals surface area contributed by atoms with Crippen LogP contribution in [0.2, 0.25) is 0 Å². The van der Waals surface area contributed by atoms with Gasteiger partial charge in [-0.2, -0.15) is 10.2 Å². The molecule has 0 saturated heterocycles. The third-order valence-corrected chi connectivity index (χ3v) is 2.61. The van der Waals surface area contributed by atoms with E-state index in [1.54, 1.807) is 24.2 Å². The average molecular weight is 249 g/mol. The summed E-state index contributed by atoms with van der Waals surface area (Å²) in [6.07, 6.45) is 4.70. The predicted octanol–water partition coefficient (Wildman–Crippen LogP) is 0.261. The summed E-state index contributed by atoms with van der Waals surface area (Å²) in [5.74, 6) is -0.202. The smallest absolute Gasteiger partial charge is 0.255 e. The number of aromatic nitrogens is 4. The molecule has 2 aromatic rings. The second-order valence-corrected chi connectivity index (χ2v) is 3.85. The number of carbonyl (C=O) groups is 1. The van der Waals surface area contributed by atoms with Crippen LogP contribution in [-0.2, 0) is 11.8 Å². The Balaban J connectivity index is 2.12. The Morgan fingerprint density at radius 3 is 3.06 bits per heavy atom. The van der Waals surface area contributed by atoms with Gasteiger partial charge in [0.25, 0.3) is 5.91 Å². The number of hydrogen-bond acceptors (Lipinski definition) is 4. The van der Waals surface area contributed by atoms with Crippen LogP contribution in [0, 0.1) is 0 Å². The molecule has 1 amide bonds. The van der Waals surface area contributed by atoms with Gasteiger partial charge in [0.05, 0.1) is 30.1 Å². The van der Waals surface area contributed by atoms with E-state index < -0.39 is 0 Å². The highest BCUT2D eigenvalue weighted by atomic mass is 16.5. The molecule has 0 fully saturated rings. The Bertz CT molecular complexity index is 505. The predicted molar refractivity (Wildman–Crippen MR) is 63.9 cm³/mol. The van der Waals surface area contributed by atoms with E-state index in [1.807, 2.05) is 13.1 Å². The second-order valence-electron chi connectivity index (χ2n) is 3.85. The minimum atomic E-state index is -0.245. The number of amides is 1. The van der Waals surface area contributed by atoms with Crippen LogP contribution in [0.1, 0.15) is 22.1 Å². The monoisotopic (exact) mass is 249 g/mol. The molecule has 7 nitrogen and oxygen atoms in total. The lowest BCUT2D eigenvalue weighted by atomic mass is 10.2. The van der Waals surface area contributed by atoms with E-state index in [0.29, 0.717) is 12.2 Å². The summed E-state index contributed by atoms with van der Waals surface area (Å²) in [4.78, 5) is 11.9. The van der Waals surface area contributed by atoms with Crippen LogP contribution in [0.3, 0.4) is 0 Å². The van der Waals surface area contributed by atoms with Crippen molar-refractivity contribution in [3.8, 4) is 0 Å². The minimum Gasteiger partial charge on any atom is -0.382 e. The number of aromatic amines is 1. The SMILES string of the molecule is COC[C@@H](NC(=O)c1cn[nH]c1)c1ccnn1C. The van der Waals surface area contributed by atoms with E-state index in [9.17, 15) is 4.79 Å². The standard InChI is InChI=1S/C11H15N5O2/c1-16-10(3-4-14-16)9(7-18-2)15-11(17)8-5-12-13-6-8/h3-6,9H,7H2,1-2H3,(H,12,13)(H,15,17)/t9-/m1/s1. The number of nitrogens with zero attached hydrogens (tertiary/aromatic N) is 3. The Morgan fingerprint density at radius 2 is 2.50 bits per heavy atom. The fourth-order valence-corrected chi connectivity index (χ4v) is 1.71. The Hall–Kier alpha value is -2.15. The molecule has 0 aliphatic heterocycles. The van der Waals surface area contributed by atoms with Gasteiger partial charge in [-0.15, -0.1) is 0 Å². The first-order valence-corrected chi connectivity index (χ1v) is 5.49. The van der Waals surface area contributed by atoms with Crippen LogP contribution in [-0.4, -0.2) is 39.6 Å². The number of aryl methyl sites for hydroxylation is 1.